The van der Waals surface area contributed by atoms with E-state index in [1.165, 1.54) is 6.08 Å². The Bertz CT molecular complexity index is 1120. The zero-order chi connectivity index (χ0) is 24.2. The van der Waals surface area contributed by atoms with Crippen molar-refractivity contribution in [3.05, 3.63) is 78.0 Å². The minimum Gasteiger partial charge on any atom is -0.361 e. The molecule has 34 heavy (non-hydrogen) atoms. The first-order valence-corrected chi connectivity index (χ1v) is 11.4. The first-order chi connectivity index (χ1) is 16.6. The standard InChI is InChI=1S/C26H30N4O4/c31-24(16-15-20-18-27-22-12-8-7-11-21(20)22)29-23(13-5-2-6-14-25(32)30-34)26(33)28-17-19-9-3-1-4-10-19/h1,3-4,7-12,15-16,18,23,27,34H,2,5-6,13-14,17H2,(H,28,33)(H,29,31)(H,30,32)/b16-15+/t23-/m0/s1. The van der Waals surface area contributed by atoms with Gasteiger partial charge in [-0.15, -0.1) is 0 Å². The summed E-state index contributed by atoms with van der Waals surface area (Å²) in [7, 11) is 0. The maximum atomic E-state index is 12.8. The van der Waals surface area contributed by atoms with Crippen molar-refractivity contribution in [1.29, 1.82) is 0 Å². The number of rotatable bonds is 12. The van der Waals surface area contributed by atoms with Crippen LogP contribution < -0.4 is 16.1 Å². The van der Waals surface area contributed by atoms with Crippen LogP contribution in [0.4, 0.5) is 0 Å². The van der Waals surface area contributed by atoms with E-state index in [-0.39, 0.29) is 18.2 Å². The lowest BCUT2D eigenvalue weighted by atomic mass is 10.1. The number of para-hydroxylation sites is 1. The molecule has 0 aliphatic carbocycles. The second-order valence-corrected chi connectivity index (χ2v) is 8.02. The number of hydrogen-bond donors (Lipinski definition) is 5. The minimum absolute atomic E-state index is 0.209. The number of hydrogen-bond acceptors (Lipinski definition) is 4. The molecule has 0 unspecified atom stereocenters. The summed E-state index contributed by atoms with van der Waals surface area (Å²) in [6.07, 6.45) is 7.56. The van der Waals surface area contributed by atoms with E-state index in [1.807, 2.05) is 60.8 Å². The highest BCUT2D eigenvalue weighted by Crippen LogP contribution is 2.18. The molecule has 1 aromatic heterocycles. The number of hydroxylamine groups is 1. The van der Waals surface area contributed by atoms with Crippen LogP contribution >= 0.6 is 0 Å². The highest BCUT2D eigenvalue weighted by molar-refractivity contribution is 5.98. The van der Waals surface area contributed by atoms with E-state index in [0.717, 1.165) is 22.0 Å². The molecule has 1 heterocycles. The first-order valence-electron chi connectivity index (χ1n) is 11.4. The molecule has 0 saturated carbocycles. The number of benzene rings is 2. The van der Waals surface area contributed by atoms with Crippen molar-refractivity contribution in [3.63, 3.8) is 0 Å². The second-order valence-electron chi connectivity index (χ2n) is 8.02. The predicted octanol–water partition coefficient (Wildman–Crippen LogP) is 3.44. The topological polar surface area (TPSA) is 123 Å². The fourth-order valence-corrected chi connectivity index (χ4v) is 3.66. The maximum Gasteiger partial charge on any atom is 0.244 e. The van der Waals surface area contributed by atoms with E-state index >= 15 is 0 Å². The summed E-state index contributed by atoms with van der Waals surface area (Å²) in [4.78, 5) is 39.7. The highest BCUT2D eigenvalue weighted by Gasteiger charge is 2.19. The summed E-state index contributed by atoms with van der Waals surface area (Å²) >= 11 is 0. The molecule has 0 aliphatic rings. The monoisotopic (exact) mass is 462 g/mol. The van der Waals surface area contributed by atoms with Crippen LogP contribution in [-0.2, 0) is 20.9 Å². The fourth-order valence-electron chi connectivity index (χ4n) is 3.66. The van der Waals surface area contributed by atoms with Crippen LogP contribution in [0.3, 0.4) is 0 Å². The normalized spacial score (nSPS) is 11.9. The van der Waals surface area contributed by atoms with Gasteiger partial charge in [-0.2, -0.15) is 0 Å². The van der Waals surface area contributed by atoms with Crippen LogP contribution in [-0.4, -0.2) is 34.0 Å². The van der Waals surface area contributed by atoms with Gasteiger partial charge in [-0.25, -0.2) is 5.48 Å². The molecule has 178 valence electrons. The summed E-state index contributed by atoms with van der Waals surface area (Å²) in [5.74, 6) is -1.05. The van der Waals surface area contributed by atoms with Gasteiger partial charge in [0, 0.05) is 36.1 Å². The third kappa shape index (κ3) is 7.60. The van der Waals surface area contributed by atoms with Gasteiger partial charge in [0.2, 0.25) is 17.7 Å². The summed E-state index contributed by atoms with van der Waals surface area (Å²) in [5.41, 5.74) is 4.44. The molecular formula is C26H30N4O4. The second kappa shape index (κ2) is 13.0. The van der Waals surface area contributed by atoms with Crippen LogP contribution in [0, 0.1) is 0 Å². The van der Waals surface area contributed by atoms with Crippen LogP contribution in [0.15, 0.2) is 66.9 Å². The molecule has 0 radical (unpaired) electrons. The number of unbranched alkanes of at least 4 members (excludes halogenated alkanes) is 2. The Morgan fingerprint density at radius 3 is 2.53 bits per heavy atom. The van der Waals surface area contributed by atoms with Gasteiger partial charge in [-0.3, -0.25) is 19.6 Å². The Balaban J connectivity index is 1.58. The lowest BCUT2D eigenvalue weighted by molar-refractivity contribution is -0.129. The number of aromatic amines is 1. The molecule has 2 aromatic carbocycles. The van der Waals surface area contributed by atoms with Crippen molar-refractivity contribution in [2.24, 2.45) is 0 Å². The quantitative estimate of drug-likeness (QED) is 0.122. The highest BCUT2D eigenvalue weighted by atomic mass is 16.5. The Labute approximate surface area is 198 Å². The van der Waals surface area contributed by atoms with Crippen molar-refractivity contribution >= 4 is 34.7 Å². The van der Waals surface area contributed by atoms with Gasteiger partial charge in [0.15, 0.2) is 0 Å². The first kappa shape index (κ1) is 24.7. The van der Waals surface area contributed by atoms with Gasteiger partial charge in [-0.1, -0.05) is 61.4 Å². The Morgan fingerprint density at radius 1 is 0.971 bits per heavy atom. The Morgan fingerprint density at radius 2 is 1.74 bits per heavy atom. The molecule has 3 aromatic rings. The SMILES string of the molecule is O=C(/C=C/c1c[nH]c2ccccc12)N[C@@H](CCCCCC(=O)NO)C(=O)NCc1ccccc1. The molecule has 0 fully saturated rings. The zero-order valence-corrected chi connectivity index (χ0v) is 18.9. The van der Waals surface area contributed by atoms with E-state index in [2.05, 4.69) is 15.6 Å². The van der Waals surface area contributed by atoms with Crippen molar-refractivity contribution in [3.8, 4) is 0 Å². The van der Waals surface area contributed by atoms with Gasteiger partial charge in [0.1, 0.15) is 6.04 Å². The average Bonchev–Trinajstić information content (AvgIpc) is 3.28. The molecule has 3 rings (SSSR count). The molecule has 0 spiro atoms. The molecule has 3 amide bonds. The van der Waals surface area contributed by atoms with E-state index in [1.54, 1.807) is 11.6 Å². The van der Waals surface area contributed by atoms with E-state index in [4.69, 9.17) is 5.21 Å². The van der Waals surface area contributed by atoms with Crippen LogP contribution in [0.5, 0.6) is 0 Å². The summed E-state index contributed by atoms with van der Waals surface area (Å²) in [5, 5.41) is 15.3. The summed E-state index contributed by atoms with van der Waals surface area (Å²) in [6, 6.07) is 16.7. The van der Waals surface area contributed by atoms with E-state index in [9.17, 15) is 14.4 Å². The minimum atomic E-state index is -0.699. The van der Waals surface area contributed by atoms with Crippen molar-refractivity contribution in [2.45, 2.75) is 44.7 Å². The number of amides is 3. The van der Waals surface area contributed by atoms with Gasteiger partial charge in [-0.05, 0) is 36.1 Å². The number of H-pyrrole nitrogens is 1. The van der Waals surface area contributed by atoms with Crippen molar-refractivity contribution < 1.29 is 19.6 Å². The molecule has 0 saturated heterocycles. The van der Waals surface area contributed by atoms with Crippen molar-refractivity contribution in [2.75, 3.05) is 0 Å². The molecule has 1 atom stereocenters. The number of carbonyl (C=O) groups excluding carboxylic acids is 3. The van der Waals surface area contributed by atoms with E-state index < -0.39 is 11.9 Å². The molecular weight excluding hydrogens is 432 g/mol. The van der Waals surface area contributed by atoms with Gasteiger partial charge in [0.25, 0.3) is 0 Å². The van der Waals surface area contributed by atoms with Crippen molar-refractivity contribution in [1.82, 2.24) is 21.1 Å². The largest absolute Gasteiger partial charge is 0.361 e. The zero-order valence-electron chi connectivity index (χ0n) is 18.9. The van der Waals surface area contributed by atoms with Crippen LogP contribution in [0.25, 0.3) is 17.0 Å². The van der Waals surface area contributed by atoms with E-state index in [0.29, 0.717) is 32.2 Å². The van der Waals surface area contributed by atoms with Gasteiger partial charge in [0.05, 0.1) is 0 Å². The Hall–Kier alpha value is -3.91. The smallest absolute Gasteiger partial charge is 0.244 e. The maximum absolute atomic E-state index is 12.8. The van der Waals surface area contributed by atoms with Crippen LogP contribution in [0.2, 0.25) is 0 Å². The fraction of sp³-hybridized carbons (Fsp3) is 0.269. The third-order valence-corrected chi connectivity index (χ3v) is 5.50. The molecule has 5 N–H and O–H groups in total. The molecule has 0 bridgehead atoms. The number of aromatic nitrogens is 1. The average molecular weight is 463 g/mol. The Kier molecular flexibility index (Phi) is 9.42. The van der Waals surface area contributed by atoms with Gasteiger partial charge < -0.3 is 15.6 Å². The predicted molar refractivity (Wildman–Crippen MR) is 131 cm³/mol. The number of carbonyl (C=O) groups is 3. The summed E-state index contributed by atoms with van der Waals surface area (Å²) < 4.78 is 0. The molecule has 8 heteroatoms. The molecule has 0 aliphatic heterocycles. The van der Waals surface area contributed by atoms with Crippen LogP contribution in [0.1, 0.15) is 43.2 Å². The lowest BCUT2D eigenvalue weighted by Gasteiger charge is -2.18. The number of nitrogens with one attached hydrogen (secondary N) is 4. The number of fused-ring (bicyclic) bond motifs is 1. The third-order valence-electron chi connectivity index (χ3n) is 5.50. The lowest BCUT2D eigenvalue weighted by Crippen LogP contribution is -2.46. The molecule has 8 nitrogen and oxygen atoms in total. The summed E-state index contributed by atoms with van der Waals surface area (Å²) in [6.45, 7) is 0.369. The van der Waals surface area contributed by atoms with Gasteiger partial charge >= 0.3 is 0 Å².